The van der Waals surface area contributed by atoms with Crippen molar-refractivity contribution in [2.24, 2.45) is 0 Å². The second-order valence-corrected chi connectivity index (χ2v) is 5.14. The van der Waals surface area contributed by atoms with Crippen LogP contribution in [0.15, 0.2) is 0 Å². The van der Waals surface area contributed by atoms with Gasteiger partial charge in [-0.3, -0.25) is 0 Å². The Morgan fingerprint density at radius 3 is 2.74 bits per heavy atom. The molecule has 1 aliphatic heterocycles. The van der Waals surface area contributed by atoms with Gasteiger partial charge in [-0.05, 0) is 19.8 Å². The van der Waals surface area contributed by atoms with Crippen LogP contribution in [-0.4, -0.2) is 65.6 Å². The second kappa shape index (κ2) is 6.72. The van der Waals surface area contributed by atoms with Crippen molar-refractivity contribution >= 4 is 12.0 Å². The minimum absolute atomic E-state index is 0.210. The van der Waals surface area contributed by atoms with Gasteiger partial charge >= 0.3 is 12.0 Å². The Balaban J connectivity index is 2.54. The number of hydrogen-bond donors (Lipinski definition) is 3. The molecule has 0 saturated carbocycles. The number of carboxylic acid groups (broad SMARTS) is 1. The van der Waals surface area contributed by atoms with E-state index in [1.165, 1.54) is 12.0 Å². The molecule has 2 atom stereocenters. The largest absolute Gasteiger partial charge is 0.480 e. The molecule has 1 rings (SSSR count). The Labute approximate surface area is 112 Å². The number of nitrogens with one attached hydrogen (secondary N) is 1. The maximum Gasteiger partial charge on any atom is 0.326 e. The summed E-state index contributed by atoms with van der Waals surface area (Å²) in [5.74, 6) is -1.09. The number of aliphatic carboxylic acids is 1. The van der Waals surface area contributed by atoms with Crippen molar-refractivity contribution < 1.29 is 24.5 Å². The van der Waals surface area contributed by atoms with Gasteiger partial charge in [0.15, 0.2) is 0 Å². The van der Waals surface area contributed by atoms with Gasteiger partial charge in [0.25, 0.3) is 0 Å². The lowest BCUT2D eigenvalue weighted by molar-refractivity contribution is -0.139. The Kier molecular flexibility index (Phi) is 5.56. The van der Waals surface area contributed by atoms with E-state index in [1.54, 1.807) is 6.92 Å². The fourth-order valence-electron chi connectivity index (χ4n) is 2.13. The first kappa shape index (κ1) is 15.7. The highest BCUT2D eigenvalue weighted by atomic mass is 16.5. The van der Waals surface area contributed by atoms with Gasteiger partial charge in [-0.25, -0.2) is 9.59 Å². The molecule has 1 aliphatic rings. The maximum absolute atomic E-state index is 12.0. The zero-order chi connectivity index (χ0) is 14.5. The lowest BCUT2D eigenvalue weighted by Gasteiger charge is -2.37. The molecular formula is C12H22N2O5. The lowest BCUT2D eigenvalue weighted by atomic mass is 9.95. The second-order valence-electron chi connectivity index (χ2n) is 5.14. The van der Waals surface area contributed by atoms with Crippen LogP contribution in [-0.2, 0) is 9.53 Å². The number of methoxy groups -OCH3 is 1. The number of nitrogens with zero attached hydrogens (tertiary/aromatic N) is 1. The summed E-state index contributed by atoms with van der Waals surface area (Å²) in [4.78, 5) is 24.4. The number of β-amino-alcohol motifs (C(OH)–C–C–N with tert-alkyl or cyclic N) is 1. The van der Waals surface area contributed by atoms with E-state index < -0.39 is 23.6 Å². The van der Waals surface area contributed by atoms with Crippen LogP contribution in [0.1, 0.15) is 26.2 Å². The molecule has 2 amide bonds. The predicted molar refractivity (Wildman–Crippen MR) is 67.9 cm³/mol. The zero-order valence-electron chi connectivity index (χ0n) is 11.4. The van der Waals surface area contributed by atoms with E-state index in [9.17, 15) is 14.7 Å². The smallest absolute Gasteiger partial charge is 0.326 e. The predicted octanol–water partition coefficient (Wildman–Crippen LogP) is 0.0325. The summed E-state index contributed by atoms with van der Waals surface area (Å²) in [6, 6.07) is -1.43. The number of carbonyl (C=O) groups excluding carboxylic acids is 1. The first-order valence-corrected chi connectivity index (χ1v) is 6.35. The highest BCUT2D eigenvalue weighted by Crippen LogP contribution is 2.20. The van der Waals surface area contributed by atoms with Crippen molar-refractivity contribution in [1.82, 2.24) is 10.2 Å². The molecular weight excluding hydrogens is 252 g/mol. The molecule has 2 unspecified atom stereocenters. The summed E-state index contributed by atoms with van der Waals surface area (Å²) in [6.45, 7) is 2.68. The molecule has 1 fully saturated rings. The molecule has 7 heteroatoms. The number of carboxylic acids is 1. The van der Waals surface area contributed by atoms with Crippen molar-refractivity contribution in [2.45, 2.75) is 37.8 Å². The van der Waals surface area contributed by atoms with Gasteiger partial charge < -0.3 is 25.2 Å². The Hall–Kier alpha value is -1.34. The normalized spacial score (nSPS) is 24.9. The Morgan fingerprint density at radius 1 is 1.53 bits per heavy atom. The average molecular weight is 274 g/mol. The van der Waals surface area contributed by atoms with Gasteiger partial charge in [0.2, 0.25) is 0 Å². The third-order valence-electron chi connectivity index (χ3n) is 3.17. The number of aliphatic hydroxyl groups is 1. The van der Waals surface area contributed by atoms with Crippen LogP contribution in [0.4, 0.5) is 4.79 Å². The Morgan fingerprint density at radius 2 is 2.21 bits per heavy atom. The first-order valence-electron chi connectivity index (χ1n) is 6.35. The molecule has 0 aromatic rings. The number of urea groups is 1. The van der Waals surface area contributed by atoms with Crippen LogP contribution >= 0.6 is 0 Å². The monoisotopic (exact) mass is 274 g/mol. The van der Waals surface area contributed by atoms with Crippen molar-refractivity contribution in [3.8, 4) is 0 Å². The van der Waals surface area contributed by atoms with Crippen molar-refractivity contribution in [3.05, 3.63) is 0 Å². The van der Waals surface area contributed by atoms with Crippen molar-refractivity contribution in [2.75, 3.05) is 26.8 Å². The van der Waals surface area contributed by atoms with Crippen molar-refractivity contribution in [3.63, 3.8) is 0 Å². The van der Waals surface area contributed by atoms with Crippen LogP contribution in [0.5, 0.6) is 0 Å². The van der Waals surface area contributed by atoms with Crippen LogP contribution in [0.25, 0.3) is 0 Å². The minimum atomic E-state index is -1.09. The zero-order valence-corrected chi connectivity index (χ0v) is 11.4. The quantitative estimate of drug-likeness (QED) is 0.657. The third-order valence-corrected chi connectivity index (χ3v) is 3.17. The fourth-order valence-corrected chi connectivity index (χ4v) is 2.13. The number of amides is 2. The minimum Gasteiger partial charge on any atom is -0.480 e. The molecule has 0 aromatic carbocycles. The van der Waals surface area contributed by atoms with E-state index in [1.807, 2.05) is 0 Å². The highest BCUT2D eigenvalue weighted by Gasteiger charge is 2.32. The summed E-state index contributed by atoms with van der Waals surface area (Å²) < 4.78 is 4.81. The number of rotatable bonds is 5. The molecule has 1 saturated heterocycles. The lowest BCUT2D eigenvalue weighted by Crippen LogP contribution is -2.54. The standard InChI is InChI=1S/C12H22N2O5/c1-12(18)5-3-6-14(8-12)11(17)13-9(10(15)16)4-7-19-2/h9,18H,3-8H2,1-2H3,(H,13,17)(H,15,16). The highest BCUT2D eigenvalue weighted by molar-refractivity contribution is 5.82. The van der Waals surface area contributed by atoms with Crippen LogP contribution in [0.2, 0.25) is 0 Å². The van der Waals surface area contributed by atoms with Crippen molar-refractivity contribution in [1.29, 1.82) is 0 Å². The topological polar surface area (TPSA) is 99.1 Å². The molecule has 0 bridgehead atoms. The van der Waals surface area contributed by atoms with Gasteiger partial charge in [-0.2, -0.15) is 0 Å². The van der Waals surface area contributed by atoms with Crippen LogP contribution in [0, 0.1) is 0 Å². The summed E-state index contributed by atoms with van der Waals surface area (Å²) in [7, 11) is 1.47. The summed E-state index contributed by atoms with van der Waals surface area (Å²) >= 11 is 0. The number of hydrogen-bond acceptors (Lipinski definition) is 4. The van der Waals surface area contributed by atoms with Gasteiger partial charge in [0.05, 0.1) is 12.1 Å². The van der Waals surface area contributed by atoms with Crippen LogP contribution in [0.3, 0.4) is 0 Å². The summed E-state index contributed by atoms with van der Waals surface area (Å²) in [5, 5.41) is 21.4. The number of likely N-dealkylation sites (tertiary alicyclic amines) is 1. The molecule has 3 N–H and O–H groups in total. The first-order chi connectivity index (χ1) is 8.85. The molecule has 1 heterocycles. The summed E-state index contributed by atoms with van der Waals surface area (Å²) in [5.41, 5.74) is -0.902. The van der Waals surface area contributed by atoms with E-state index in [4.69, 9.17) is 9.84 Å². The molecule has 0 radical (unpaired) electrons. The van der Waals surface area contributed by atoms with Gasteiger partial charge in [-0.1, -0.05) is 0 Å². The van der Waals surface area contributed by atoms with Crippen LogP contribution < -0.4 is 5.32 Å². The third kappa shape index (κ3) is 5.04. The van der Waals surface area contributed by atoms with Gasteiger partial charge in [0.1, 0.15) is 6.04 Å². The van der Waals surface area contributed by atoms with E-state index in [-0.39, 0.29) is 19.6 Å². The maximum atomic E-state index is 12.0. The Bertz CT molecular complexity index is 332. The van der Waals surface area contributed by atoms with Gasteiger partial charge in [0, 0.05) is 26.7 Å². The summed E-state index contributed by atoms with van der Waals surface area (Å²) in [6.07, 6.45) is 1.56. The van der Waals surface area contributed by atoms with Gasteiger partial charge in [-0.15, -0.1) is 0 Å². The van der Waals surface area contributed by atoms with E-state index >= 15 is 0 Å². The molecule has 0 aromatic heterocycles. The number of ether oxygens (including phenoxy) is 1. The number of carbonyl (C=O) groups is 2. The number of piperidine rings is 1. The molecule has 0 spiro atoms. The molecule has 7 nitrogen and oxygen atoms in total. The van der Waals surface area contributed by atoms with E-state index in [0.717, 1.165) is 0 Å². The molecule has 0 aliphatic carbocycles. The van der Waals surface area contributed by atoms with E-state index in [0.29, 0.717) is 19.4 Å². The molecule has 110 valence electrons. The SMILES string of the molecule is COCCC(NC(=O)N1CCCC(C)(O)C1)C(=O)O. The van der Waals surface area contributed by atoms with E-state index in [2.05, 4.69) is 5.32 Å². The molecule has 19 heavy (non-hydrogen) atoms. The average Bonchev–Trinajstić information content (AvgIpc) is 2.32. The fraction of sp³-hybridized carbons (Fsp3) is 0.833.